The van der Waals surface area contributed by atoms with E-state index < -0.39 is 24.5 Å². The van der Waals surface area contributed by atoms with E-state index in [1.54, 1.807) is 31.2 Å². The Kier molecular flexibility index (Phi) is 6.76. The molecule has 2 aliphatic rings. The van der Waals surface area contributed by atoms with E-state index in [2.05, 4.69) is 5.32 Å². The van der Waals surface area contributed by atoms with Gasteiger partial charge in [0.2, 0.25) is 17.6 Å². The van der Waals surface area contributed by atoms with Crippen LogP contribution >= 0.6 is 0 Å². The van der Waals surface area contributed by atoms with E-state index in [-0.39, 0.29) is 54.7 Å². The fourth-order valence-electron chi connectivity index (χ4n) is 4.20. The van der Waals surface area contributed by atoms with E-state index >= 15 is 0 Å². The third-order valence-corrected chi connectivity index (χ3v) is 5.82. The first-order valence-electron chi connectivity index (χ1n) is 11.0. The van der Waals surface area contributed by atoms with E-state index in [0.717, 1.165) is 4.90 Å². The standard InChI is InChI=1S/C24H24N2O8/c1-2-32-24(31)21-20(16-9-5-6-10-17(16)34-21)25-18(27)13-33-19(28)11-12-26-22(29)14-7-3-4-8-15(14)23(26)30/h3-6,9-10,14-15H,2,7-8,11-13H2,1H3,(H,25,27). The lowest BCUT2D eigenvalue weighted by Gasteiger charge is -2.14. The number of fused-ring (bicyclic) bond motifs is 2. The highest BCUT2D eigenvalue weighted by Gasteiger charge is 2.46. The summed E-state index contributed by atoms with van der Waals surface area (Å²) in [5.74, 6) is -3.59. The van der Waals surface area contributed by atoms with Crippen molar-refractivity contribution in [2.45, 2.75) is 26.2 Å². The van der Waals surface area contributed by atoms with Crippen LogP contribution in [0.1, 0.15) is 36.7 Å². The predicted octanol–water partition coefficient (Wildman–Crippen LogP) is 2.43. The maximum absolute atomic E-state index is 12.5. The van der Waals surface area contributed by atoms with Crippen molar-refractivity contribution in [3.63, 3.8) is 0 Å². The van der Waals surface area contributed by atoms with Crippen molar-refractivity contribution in [1.82, 2.24) is 4.90 Å². The number of hydrogen-bond acceptors (Lipinski definition) is 8. The summed E-state index contributed by atoms with van der Waals surface area (Å²) in [7, 11) is 0. The van der Waals surface area contributed by atoms with E-state index in [4.69, 9.17) is 13.9 Å². The Balaban J connectivity index is 1.32. The first kappa shape index (κ1) is 23.2. The predicted molar refractivity (Wildman–Crippen MR) is 118 cm³/mol. The number of likely N-dealkylation sites (tertiary alicyclic amines) is 1. The number of carbonyl (C=O) groups excluding carboxylic acids is 5. The lowest BCUT2D eigenvalue weighted by Crippen LogP contribution is -2.33. The Bertz CT molecular complexity index is 1150. The Morgan fingerprint density at radius 1 is 1.06 bits per heavy atom. The van der Waals surface area contributed by atoms with Crippen LogP contribution in [0.5, 0.6) is 0 Å². The number of nitrogens with one attached hydrogen (secondary N) is 1. The quantitative estimate of drug-likeness (QED) is 0.355. The molecule has 0 spiro atoms. The molecular formula is C24H24N2O8. The summed E-state index contributed by atoms with van der Waals surface area (Å²) >= 11 is 0. The molecule has 0 bridgehead atoms. The molecule has 2 aromatic rings. The molecule has 1 aliphatic carbocycles. The molecular weight excluding hydrogens is 444 g/mol. The van der Waals surface area contributed by atoms with Crippen LogP contribution in [-0.4, -0.2) is 54.3 Å². The van der Waals surface area contributed by atoms with Gasteiger partial charge in [-0.05, 0) is 31.9 Å². The van der Waals surface area contributed by atoms with Gasteiger partial charge in [0.1, 0.15) is 11.3 Å². The number of hydrogen-bond donors (Lipinski definition) is 1. The Morgan fingerprint density at radius 3 is 2.41 bits per heavy atom. The second-order valence-electron chi connectivity index (χ2n) is 7.97. The number of anilines is 1. The number of imide groups is 1. The van der Waals surface area contributed by atoms with Crippen LogP contribution in [-0.2, 0) is 28.7 Å². The molecule has 34 heavy (non-hydrogen) atoms. The molecule has 1 fully saturated rings. The van der Waals surface area contributed by atoms with Crippen LogP contribution in [0.3, 0.4) is 0 Å². The van der Waals surface area contributed by atoms with Crippen molar-refractivity contribution in [3.8, 4) is 0 Å². The second-order valence-corrected chi connectivity index (χ2v) is 7.97. The van der Waals surface area contributed by atoms with E-state index in [0.29, 0.717) is 23.8 Å². The van der Waals surface area contributed by atoms with Gasteiger partial charge in [0, 0.05) is 11.9 Å². The van der Waals surface area contributed by atoms with Crippen LogP contribution < -0.4 is 5.32 Å². The van der Waals surface area contributed by atoms with Crippen molar-refractivity contribution in [2.24, 2.45) is 11.8 Å². The van der Waals surface area contributed by atoms with Crippen molar-refractivity contribution in [1.29, 1.82) is 0 Å². The van der Waals surface area contributed by atoms with Gasteiger partial charge in [0.05, 0.1) is 24.9 Å². The summed E-state index contributed by atoms with van der Waals surface area (Å²) in [5, 5.41) is 3.03. The molecule has 10 nitrogen and oxygen atoms in total. The van der Waals surface area contributed by atoms with Gasteiger partial charge in [0.25, 0.3) is 5.91 Å². The van der Waals surface area contributed by atoms with E-state index in [1.807, 2.05) is 12.2 Å². The minimum Gasteiger partial charge on any atom is -0.460 e. The molecule has 2 heterocycles. The zero-order chi connectivity index (χ0) is 24.2. The number of carbonyl (C=O) groups is 5. The lowest BCUT2D eigenvalue weighted by atomic mass is 9.85. The molecule has 1 saturated heterocycles. The van der Waals surface area contributed by atoms with Gasteiger partial charge in [-0.15, -0.1) is 0 Å². The fraction of sp³-hybridized carbons (Fsp3) is 0.375. The number of nitrogens with zero attached hydrogens (tertiary/aromatic N) is 1. The fourth-order valence-corrected chi connectivity index (χ4v) is 4.20. The summed E-state index contributed by atoms with van der Waals surface area (Å²) < 4.78 is 15.5. The van der Waals surface area contributed by atoms with Gasteiger partial charge >= 0.3 is 11.9 Å². The number of ether oxygens (including phenoxy) is 2. The molecule has 2 unspecified atom stereocenters. The molecule has 3 amide bonds. The average Bonchev–Trinajstić information content (AvgIpc) is 3.32. The topological polar surface area (TPSA) is 132 Å². The maximum Gasteiger partial charge on any atom is 0.376 e. The van der Waals surface area contributed by atoms with Crippen LogP contribution in [0.25, 0.3) is 11.0 Å². The van der Waals surface area contributed by atoms with E-state index in [9.17, 15) is 24.0 Å². The first-order chi connectivity index (χ1) is 16.4. The van der Waals surface area contributed by atoms with Crippen molar-refractivity contribution >= 4 is 46.3 Å². The number of furan rings is 1. The molecule has 1 aromatic carbocycles. The van der Waals surface area contributed by atoms with Crippen molar-refractivity contribution in [3.05, 3.63) is 42.2 Å². The zero-order valence-electron chi connectivity index (χ0n) is 18.6. The van der Waals surface area contributed by atoms with Gasteiger partial charge in [0.15, 0.2) is 6.61 Å². The monoisotopic (exact) mass is 468 g/mol. The Morgan fingerprint density at radius 2 is 1.74 bits per heavy atom. The highest BCUT2D eigenvalue weighted by molar-refractivity contribution is 6.10. The number of allylic oxidation sites excluding steroid dienone is 2. The summed E-state index contributed by atoms with van der Waals surface area (Å²) in [6.45, 7) is 1.06. The van der Waals surface area contributed by atoms with E-state index in [1.165, 1.54) is 0 Å². The van der Waals surface area contributed by atoms with Gasteiger partial charge in [-0.25, -0.2) is 4.79 Å². The van der Waals surface area contributed by atoms with Crippen LogP contribution in [0.4, 0.5) is 5.69 Å². The normalized spacial score (nSPS) is 19.3. The summed E-state index contributed by atoms with van der Waals surface area (Å²) in [6.07, 6.45) is 4.60. The molecule has 178 valence electrons. The first-order valence-corrected chi connectivity index (χ1v) is 11.0. The SMILES string of the molecule is CCOC(=O)c1oc2ccccc2c1NC(=O)COC(=O)CCN1C(=O)C2CC=CCC2C1=O. The lowest BCUT2D eigenvalue weighted by molar-refractivity contribution is -0.148. The van der Waals surface area contributed by atoms with Gasteiger partial charge in [-0.2, -0.15) is 0 Å². The van der Waals surface area contributed by atoms with Crippen molar-refractivity contribution in [2.75, 3.05) is 25.1 Å². The van der Waals surface area contributed by atoms with Gasteiger partial charge < -0.3 is 19.2 Å². The number of rotatable bonds is 8. The smallest absolute Gasteiger partial charge is 0.376 e. The number of esters is 2. The molecule has 0 saturated carbocycles. The van der Waals surface area contributed by atoms with Crippen molar-refractivity contribution < 1.29 is 37.9 Å². The maximum atomic E-state index is 12.5. The molecule has 2 atom stereocenters. The highest BCUT2D eigenvalue weighted by atomic mass is 16.5. The molecule has 4 rings (SSSR count). The minimum absolute atomic E-state index is 0.0928. The second kappa shape index (κ2) is 9.90. The number of para-hydroxylation sites is 1. The van der Waals surface area contributed by atoms with Crippen LogP contribution in [0.2, 0.25) is 0 Å². The zero-order valence-corrected chi connectivity index (χ0v) is 18.6. The van der Waals surface area contributed by atoms with Gasteiger partial charge in [-0.1, -0.05) is 24.3 Å². The minimum atomic E-state index is -0.735. The number of amides is 3. The van der Waals surface area contributed by atoms with Crippen LogP contribution in [0.15, 0.2) is 40.8 Å². The summed E-state index contributed by atoms with van der Waals surface area (Å²) in [6, 6.07) is 6.74. The Labute approximate surface area is 194 Å². The average molecular weight is 468 g/mol. The molecule has 1 aliphatic heterocycles. The summed E-state index contributed by atoms with van der Waals surface area (Å²) in [4.78, 5) is 62.8. The summed E-state index contributed by atoms with van der Waals surface area (Å²) in [5.41, 5.74) is 0.508. The molecule has 1 aromatic heterocycles. The number of benzene rings is 1. The molecule has 0 radical (unpaired) electrons. The molecule has 10 heteroatoms. The largest absolute Gasteiger partial charge is 0.460 e. The highest BCUT2D eigenvalue weighted by Crippen LogP contribution is 2.35. The van der Waals surface area contributed by atoms with Crippen LogP contribution in [0, 0.1) is 11.8 Å². The third kappa shape index (κ3) is 4.57. The van der Waals surface area contributed by atoms with Gasteiger partial charge in [-0.3, -0.25) is 24.1 Å². The third-order valence-electron chi connectivity index (χ3n) is 5.82. The Hall–Kier alpha value is -3.95. The molecule has 1 N–H and O–H groups in total.